The van der Waals surface area contributed by atoms with Crippen molar-refractivity contribution in [3.05, 3.63) is 18.5 Å². The third-order valence-electron chi connectivity index (χ3n) is 2.84. The molecular formula is C12H13F2N3O. The van der Waals surface area contributed by atoms with Crippen LogP contribution in [0.15, 0.2) is 18.5 Å². The lowest BCUT2D eigenvalue weighted by Gasteiger charge is -2.47. The highest BCUT2D eigenvalue weighted by Gasteiger charge is 2.57. The zero-order valence-electron chi connectivity index (χ0n) is 9.91. The maximum Gasteiger partial charge on any atom is 0.296 e. The van der Waals surface area contributed by atoms with Gasteiger partial charge in [0.2, 0.25) is 0 Å². The van der Waals surface area contributed by atoms with Gasteiger partial charge < -0.3 is 5.32 Å². The number of hydrogen-bond donors (Lipinski definition) is 1. The summed E-state index contributed by atoms with van der Waals surface area (Å²) in [7, 11) is 0. The number of halogens is 2. The Balaban J connectivity index is 2.09. The molecule has 0 radical (unpaired) electrons. The van der Waals surface area contributed by atoms with Gasteiger partial charge >= 0.3 is 0 Å². The minimum atomic E-state index is -2.72. The van der Waals surface area contributed by atoms with Gasteiger partial charge in [-0.15, -0.1) is 0 Å². The zero-order chi connectivity index (χ0) is 13.2. The molecule has 1 fully saturated rings. The second kappa shape index (κ2) is 4.41. The molecule has 0 spiro atoms. The molecule has 1 N–H and O–H groups in total. The summed E-state index contributed by atoms with van der Waals surface area (Å²) in [6.45, 7) is 1.75. The van der Waals surface area contributed by atoms with E-state index in [0.29, 0.717) is 0 Å². The van der Waals surface area contributed by atoms with Crippen LogP contribution in [0.25, 0.3) is 0 Å². The quantitative estimate of drug-likeness (QED) is 0.822. The van der Waals surface area contributed by atoms with Crippen molar-refractivity contribution in [1.82, 2.24) is 15.1 Å². The molecule has 0 aliphatic heterocycles. The average Bonchev–Trinajstić information content (AvgIpc) is 2.66. The first-order valence-electron chi connectivity index (χ1n) is 5.55. The number of alkyl halides is 2. The Morgan fingerprint density at radius 3 is 2.78 bits per heavy atom. The first-order valence-corrected chi connectivity index (χ1v) is 5.55. The molecule has 96 valence electrons. The lowest BCUT2D eigenvalue weighted by Crippen LogP contribution is -2.64. The Morgan fingerprint density at radius 2 is 2.28 bits per heavy atom. The van der Waals surface area contributed by atoms with E-state index < -0.39 is 17.4 Å². The number of carbonyl (C=O) groups excluding carboxylic acids is 1. The topological polar surface area (TPSA) is 46.9 Å². The molecule has 1 aromatic rings. The van der Waals surface area contributed by atoms with Crippen molar-refractivity contribution in [3.63, 3.8) is 0 Å². The minimum absolute atomic E-state index is 0.229. The number of carbonyl (C=O) groups is 1. The van der Waals surface area contributed by atoms with Gasteiger partial charge in [0, 0.05) is 25.2 Å². The first-order chi connectivity index (χ1) is 8.45. The Morgan fingerprint density at radius 1 is 1.56 bits per heavy atom. The van der Waals surface area contributed by atoms with Crippen LogP contribution in [0.3, 0.4) is 0 Å². The molecule has 0 atom stereocenters. The lowest BCUT2D eigenvalue weighted by atomic mass is 9.73. The van der Waals surface area contributed by atoms with Crippen molar-refractivity contribution in [3.8, 4) is 11.8 Å². The van der Waals surface area contributed by atoms with E-state index in [1.807, 2.05) is 0 Å². The fraction of sp³-hybridized carbons (Fsp3) is 0.500. The van der Waals surface area contributed by atoms with Gasteiger partial charge in [0.1, 0.15) is 0 Å². The van der Waals surface area contributed by atoms with Crippen LogP contribution in [-0.2, 0) is 11.3 Å². The van der Waals surface area contributed by atoms with Gasteiger partial charge in [0.15, 0.2) is 0 Å². The minimum Gasteiger partial charge on any atom is -0.337 e. The number of amides is 1. The van der Waals surface area contributed by atoms with Crippen LogP contribution < -0.4 is 5.32 Å². The lowest BCUT2D eigenvalue weighted by molar-refractivity contribution is -0.148. The van der Waals surface area contributed by atoms with E-state index in [-0.39, 0.29) is 19.4 Å². The normalized spacial score (nSPS) is 19.3. The van der Waals surface area contributed by atoms with E-state index in [9.17, 15) is 13.6 Å². The average molecular weight is 253 g/mol. The summed E-state index contributed by atoms with van der Waals surface area (Å²) in [4.78, 5) is 11.4. The number of aromatic nitrogens is 2. The summed E-state index contributed by atoms with van der Waals surface area (Å²) in [6.07, 6.45) is 2.49. The van der Waals surface area contributed by atoms with Gasteiger partial charge in [-0.05, 0) is 18.9 Å². The first kappa shape index (κ1) is 12.6. The van der Waals surface area contributed by atoms with Crippen molar-refractivity contribution in [2.24, 2.45) is 0 Å². The van der Waals surface area contributed by atoms with Gasteiger partial charge in [-0.3, -0.25) is 9.48 Å². The van der Waals surface area contributed by atoms with Crippen LogP contribution in [0.4, 0.5) is 8.78 Å². The van der Waals surface area contributed by atoms with Crippen molar-refractivity contribution in [1.29, 1.82) is 0 Å². The fourth-order valence-electron chi connectivity index (χ4n) is 2.27. The number of nitrogens with zero attached hydrogens (tertiary/aromatic N) is 2. The predicted molar refractivity (Wildman–Crippen MR) is 60.7 cm³/mol. The molecule has 0 saturated heterocycles. The van der Waals surface area contributed by atoms with Crippen LogP contribution >= 0.6 is 0 Å². The van der Waals surface area contributed by atoms with Crippen LogP contribution in [0.5, 0.6) is 0 Å². The van der Waals surface area contributed by atoms with Gasteiger partial charge in [-0.1, -0.05) is 5.92 Å². The molecule has 1 aliphatic carbocycles. The molecule has 18 heavy (non-hydrogen) atoms. The summed E-state index contributed by atoms with van der Waals surface area (Å²) in [5.41, 5.74) is -0.948. The third kappa shape index (κ3) is 2.67. The van der Waals surface area contributed by atoms with Crippen molar-refractivity contribution >= 4 is 5.91 Å². The summed E-state index contributed by atoms with van der Waals surface area (Å²) in [5, 5.41) is 6.54. The van der Waals surface area contributed by atoms with E-state index in [2.05, 4.69) is 22.3 Å². The molecular weight excluding hydrogens is 240 g/mol. The highest BCUT2D eigenvalue weighted by molar-refractivity contribution is 5.94. The standard InChI is InChI=1S/C12H13F2N3O/c1-2-4-10(18)16-11(7-12(13,14)8-11)9-17-6-3-5-15-17/h3,5-6H,7-9H2,1H3,(H,16,18). The maximum atomic E-state index is 13.1. The Hall–Kier alpha value is -1.90. The number of nitrogens with one attached hydrogen (secondary N) is 1. The molecule has 1 amide bonds. The molecule has 0 unspecified atom stereocenters. The number of rotatable bonds is 3. The molecule has 0 aromatic carbocycles. The Bertz CT molecular complexity index is 491. The predicted octanol–water partition coefficient (Wildman–Crippen LogP) is 1.19. The van der Waals surface area contributed by atoms with Crippen LogP contribution in [0.1, 0.15) is 19.8 Å². The fourth-order valence-corrected chi connectivity index (χ4v) is 2.27. The molecule has 4 nitrogen and oxygen atoms in total. The summed E-state index contributed by atoms with van der Waals surface area (Å²) < 4.78 is 27.7. The monoisotopic (exact) mass is 253 g/mol. The highest BCUT2D eigenvalue weighted by Crippen LogP contribution is 2.46. The zero-order valence-corrected chi connectivity index (χ0v) is 9.91. The van der Waals surface area contributed by atoms with E-state index in [1.54, 1.807) is 18.5 Å². The second-order valence-corrected chi connectivity index (χ2v) is 4.52. The van der Waals surface area contributed by atoms with Crippen LogP contribution in [-0.4, -0.2) is 27.1 Å². The molecule has 2 rings (SSSR count). The smallest absolute Gasteiger partial charge is 0.296 e. The van der Waals surface area contributed by atoms with Crippen LogP contribution in [0.2, 0.25) is 0 Å². The van der Waals surface area contributed by atoms with Gasteiger partial charge in [-0.2, -0.15) is 5.10 Å². The summed E-state index contributed by atoms with van der Waals surface area (Å²) in [5.74, 6) is 1.50. The Labute approximate surface area is 103 Å². The van der Waals surface area contributed by atoms with Crippen molar-refractivity contribution in [2.45, 2.75) is 37.8 Å². The van der Waals surface area contributed by atoms with Crippen molar-refractivity contribution in [2.75, 3.05) is 0 Å². The molecule has 1 heterocycles. The number of hydrogen-bond acceptors (Lipinski definition) is 2. The van der Waals surface area contributed by atoms with E-state index in [4.69, 9.17) is 0 Å². The van der Waals surface area contributed by atoms with Gasteiger partial charge in [0.05, 0.1) is 12.1 Å². The maximum absolute atomic E-state index is 13.1. The molecule has 6 heteroatoms. The molecule has 1 aliphatic rings. The summed E-state index contributed by atoms with van der Waals surface area (Å²) >= 11 is 0. The van der Waals surface area contributed by atoms with Crippen molar-refractivity contribution < 1.29 is 13.6 Å². The van der Waals surface area contributed by atoms with E-state index in [0.717, 1.165) is 0 Å². The van der Waals surface area contributed by atoms with Gasteiger partial charge in [-0.25, -0.2) is 8.78 Å². The molecule has 1 aromatic heterocycles. The molecule has 1 saturated carbocycles. The van der Waals surface area contributed by atoms with Gasteiger partial charge in [0.25, 0.3) is 11.8 Å². The van der Waals surface area contributed by atoms with E-state index >= 15 is 0 Å². The molecule has 0 bridgehead atoms. The largest absolute Gasteiger partial charge is 0.337 e. The third-order valence-corrected chi connectivity index (χ3v) is 2.84. The summed E-state index contributed by atoms with van der Waals surface area (Å²) in [6, 6.07) is 1.71. The second-order valence-electron chi connectivity index (χ2n) is 4.52. The van der Waals surface area contributed by atoms with Crippen LogP contribution in [0, 0.1) is 11.8 Å². The Kier molecular flexibility index (Phi) is 3.07. The van der Waals surface area contributed by atoms with E-state index in [1.165, 1.54) is 11.6 Å². The SMILES string of the molecule is CC#CC(=O)NC1(Cn2cccn2)CC(F)(F)C1. The highest BCUT2D eigenvalue weighted by atomic mass is 19.3.